The minimum Gasteiger partial charge on any atom is -0.481 e. The summed E-state index contributed by atoms with van der Waals surface area (Å²) in [7, 11) is 0. The number of hydrogen-bond acceptors (Lipinski definition) is 5. The van der Waals surface area contributed by atoms with E-state index in [1.54, 1.807) is 0 Å². The van der Waals surface area contributed by atoms with Crippen LogP contribution in [0.4, 0.5) is 0 Å². The van der Waals surface area contributed by atoms with Crippen molar-refractivity contribution < 1.29 is 19.4 Å². The number of carbonyl (C=O) groups excluding carboxylic acids is 1. The van der Waals surface area contributed by atoms with Gasteiger partial charge in [0.1, 0.15) is 6.04 Å². The van der Waals surface area contributed by atoms with Crippen LogP contribution in [0, 0.1) is 4.91 Å². The van der Waals surface area contributed by atoms with Crippen molar-refractivity contribution in [3.05, 3.63) is 17.7 Å². The highest BCUT2D eigenvalue weighted by Gasteiger charge is 2.18. The Morgan fingerprint density at radius 1 is 1.54 bits per heavy atom. The molecule has 0 amide bonds. The van der Waals surface area contributed by atoms with Crippen LogP contribution < -0.4 is 0 Å². The van der Waals surface area contributed by atoms with E-state index in [0.717, 1.165) is 6.26 Å². The summed E-state index contributed by atoms with van der Waals surface area (Å²) in [6, 6.07) is -1.08. The fraction of sp³-hybridized carbons (Fsp3) is 0.429. The van der Waals surface area contributed by atoms with E-state index in [-0.39, 0.29) is 6.42 Å². The Hall–Kier alpha value is -1.72. The highest BCUT2D eigenvalue weighted by Crippen LogP contribution is 2.04. The summed E-state index contributed by atoms with van der Waals surface area (Å²) in [6.07, 6.45) is 0.0858. The van der Waals surface area contributed by atoms with E-state index in [4.69, 9.17) is 5.11 Å². The number of carbonyl (C=O) groups is 2. The molecule has 13 heavy (non-hydrogen) atoms. The number of aliphatic carboxylic acids is 1. The third kappa shape index (κ3) is 5.54. The van der Waals surface area contributed by atoms with Crippen LogP contribution in [0.2, 0.25) is 0 Å². The van der Waals surface area contributed by atoms with Crippen LogP contribution in [0.3, 0.4) is 0 Å². The molecule has 0 rings (SSSR count). The van der Waals surface area contributed by atoms with Crippen molar-refractivity contribution in [3.63, 3.8) is 0 Å². The largest absolute Gasteiger partial charge is 0.481 e. The first-order chi connectivity index (χ1) is 6.10. The fourth-order valence-electron chi connectivity index (χ4n) is 0.682. The van der Waals surface area contributed by atoms with Crippen LogP contribution in [0.5, 0.6) is 0 Å². The average molecular weight is 187 g/mol. The van der Waals surface area contributed by atoms with Crippen molar-refractivity contribution in [2.24, 2.45) is 5.18 Å². The van der Waals surface area contributed by atoms with Crippen molar-refractivity contribution in [1.29, 1.82) is 0 Å². The number of carboxylic acid groups (broad SMARTS) is 1. The molecule has 0 saturated carbocycles. The molecule has 72 valence electrons. The van der Waals surface area contributed by atoms with Gasteiger partial charge in [0, 0.05) is 0 Å². The number of ether oxygens (including phenoxy) is 1. The third-order valence-corrected chi connectivity index (χ3v) is 1.18. The number of rotatable bonds is 6. The molecule has 0 aromatic rings. The molecule has 0 bridgehead atoms. The van der Waals surface area contributed by atoms with Gasteiger partial charge >= 0.3 is 11.9 Å². The quantitative estimate of drug-likeness (QED) is 0.374. The molecule has 6 nitrogen and oxygen atoms in total. The van der Waals surface area contributed by atoms with E-state index in [1.807, 2.05) is 0 Å². The Bertz CT molecular complexity index is 225. The molecule has 0 saturated heterocycles. The van der Waals surface area contributed by atoms with Crippen LogP contribution in [0.1, 0.15) is 12.8 Å². The summed E-state index contributed by atoms with van der Waals surface area (Å²) in [5.41, 5.74) is 0. The van der Waals surface area contributed by atoms with Gasteiger partial charge in [-0.25, -0.2) is 0 Å². The zero-order chi connectivity index (χ0) is 10.3. The van der Waals surface area contributed by atoms with Crippen molar-refractivity contribution in [2.45, 2.75) is 18.9 Å². The van der Waals surface area contributed by atoms with Crippen molar-refractivity contribution in [2.75, 3.05) is 0 Å². The van der Waals surface area contributed by atoms with Crippen LogP contribution in [-0.4, -0.2) is 23.1 Å². The summed E-state index contributed by atoms with van der Waals surface area (Å²) in [5, 5.41) is 10.8. The second-order valence-electron chi connectivity index (χ2n) is 2.22. The maximum atomic E-state index is 10.7. The van der Waals surface area contributed by atoms with Gasteiger partial charge in [0.05, 0.1) is 19.1 Å². The van der Waals surface area contributed by atoms with Gasteiger partial charge in [0.2, 0.25) is 0 Å². The van der Waals surface area contributed by atoms with Crippen molar-refractivity contribution >= 4 is 11.9 Å². The van der Waals surface area contributed by atoms with Crippen LogP contribution >= 0.6 is 0 Å². The van der Waals surface area contributed by atoms with Gasteiger partial charge in [-0.3, -0.25) is 9.59 Å². The summed E-state index contributed by atoms with van der Waals surface area (Å²) in [5.74, 6) is -1.91. The minimum atomic E-state index is -1.18. The Labute approximate surface area is 74.2 Å². The molecule has 0 unspecified atom stereocenters. The van der Waals surface area contributed by atoms with E-state index in [9.17, 15) is 14.5 Å². The monoisotopic (exact) mass is 187 g/mol. The highest BCUT2D eigenvalue weighted by atomic mass is 16.5. The predicted octanol–water partition coefficient (Wildman–Crippen LogP) is 0.673. The molecule has 0 aliphatic rings. The van der Waals surface area contributed by atoms with Gasteiger partial charge in [-0.05, 0) is 0 Å². The number of hydrogen-bond donors (Lipinski definition) is 1. The number of nitrogens with zero attached hydrogens (tertiary/aromatic N) is 1. The van der Waals surface area contributed by atoms with E-state index in [2.05, 4.69) is 16.5 Å². The Morgan fingerprint density at radius 3 is 2.54 bits per heavy atom. The second-order valence-corrected chi connectivity index (χ2v) is 2.22. The molecule has 6 heteroatoms. The molecule has 0 aliphatic heterocycles. The van der Waals surface area contributed by atoms with Gasteiger partial charge in [-0.15, -0.1) is 0 Å². The van der Waals surface area contributed by atoms with Crippen LogP contribution in [-0.2, 0) is 14.3 Å². The minimum absolute atomic E-state index is 0.345. The summed E-state index contributed by atoms with van der Waals surface area (Å²) in [6.45, 7) is 3.13. The van der Waals surface area contributed by atoms with E-state index in [1.165, 1.54) is 0 Å². The average Bonchev–Trinajstić information content (AvgIpc) is 2.02. The fourth-order valence-corrected chi connectivity index (χ4v) is 0.682. The lowest BCUT2D eigenvalue weighted by molar-refractivity contribution is -0.139. The summed E-state index contributed by atoms with van der Waals surface area (Å²) < 4.78 is 4.29. The first-order valence-corrected chi connectivity index (χ1v) is 3.44. The number of nitroso groups, excluding NO2 is 1. The van der Waals surface area contributed by atoms with Gasteiger partial charge in [-0.1, -0.05) is 11.8 Å². The van der Waals surface area contributed by atoms with Gasteiger partial charge in [0.15, 0.2) is 0 Å². The smallest absolute Gasteiger partial charge is 0.312 e. The van der Waals surface area contributed by atoms with Gasteiger partial charge in [0.25, 0.3) is 0 Å². The molecule has 0 aromatic heterocycles. The zero-order valence-electron chi connectivity index (χ0n) is 6.80. The van der Waals surface area contributed by atoms with E-state index in [0.29, 0.717) is 0 Å². The maximum absolute atomic E-state index is 10.7. The van der Waals surface area contributed by atoms with Crippen LogP contribution in [0.15, 0.2) is 18.0 Å². The lowest BCUT2D eigenvalue weighted by atomic mass is 10.1. The van der Waals surface area contributed by atoms with Crippen LogP contribution in [0.25, 0.3) is 0 Å². The first-order valence-electron chi connectivity index (χ1n) is 3.44. The standard InChI is InChI=1S/C7H9NO5/c1-2-13-7(11)4-5(8-12)3-6(9)10/h2,5H,1,3-4H2,(H,9,10)/t5-/m1/s1. The molecule has 0 spiro atoms. The summed E-state index contributed by atoms with van der Waals surface area (Å²) in [4.78, 5) is 30.9. The van der Waals surface area contributed by atoms with Gasteiger partial charge < -0.3 is 9.84 Å². The molecule has 1 atom stereocenters. The molecule has 0 aliphatic carbocycles. The first kappa shape index (κ1) is 11.3. The topological polar surface area (TPSA) is 93.0 Å². The molecule has 1 N–H and O–H groups in total. The van der Waals surface area contributed by atoms with Gasteiger partial charge in [-0.2, -0.15) is 4.91 Å². The predicted molar refractivity (Wildman–Crippen MR) is 42.7 cm³/mol. The van der Waals surface area contributed by atoms with E-state index < -0.39 is 24.4 Å². The Balaban J connectivity index is 3.96. The zero-order valence-corrected chi connectivity index (χ0v) is 6.80. The second kappa shape index (κ2) is 5.87. The molecular formula is C7H9NO5. The molecule has 0 heterocycles. The molecule has 0 fully saturated rings. The van der Waals surface area contributed by atoms with Crippen molar-refractivity contribution in [1.82, 2.24) is 0 Å². The van der Waals surface area contributed by atoms with Crippen molar-refractivity contribution in [3.8, 4) is 0 Å². The Kier molecular flexibility index (Phi) is 5.09. The molecule has 0 aromatic carbocycles. The molecular weight excluding hydrogens is 178 g/mol. The third-order valence-electron chi connectivity index (χ3n) is 1.18. The lowest BCUT2D eigenvalue weighted by Gasteiger charge is -2.03. The lowest BCUT2D eigenvalue weighted by Crippen LogP contribution is -2.16. The molecule has 0 radical (unpaired) electrons. The maximum Gasteiger partial charge on any atom is 0.312 e. The SMILES string of the molecule is C=COC(=O)C[C@@H](CC(=O)O)N=O. The normalized spacial score (nSPS) is 11.4. The Morgan fingerprint density at radius 2 is 2.15 bits per heavy atom. The number of esters is 1. The summed E-state index contributed by atoms with van der Waals surface area (Å²) >= 11 is 0. The van der Waals surface area contributed by atoms with E-state index >= 15 is 0 Å². The number of carboxylic acids is 1. The highest BCUT2D eigenvalue weighted by molar-refractivity contribution is 5.73.